The maximum atomic E-state index is 10.5. The third kappa shape index (κ3) is 4.34. The highest BCUT2D eigenvalue weighted by atomic mass is 79.9. The summed E-state index contributed by atoms with van der Waals surface area (Å²) in [6, 6.07) is 3.71. The summed E-state index contributed by atoms with van der Waals surface area (Å²) in [5, 5.41) is 11.8. The minimum atomic E-state index is -0.943. The first-order valence-electron chi connectivity index (χ1n) is 5.11. The number of carbonyl (C=O) groups is 1. The van der Waals surface area contributed by atoms with Gasteiger partial charge in [-0.3, -0.25) is 0 Å². The summed E-state index contributed by atoms with van der Waals surface area (Å²) in [6.45, 7) is 2.21. The molecule has 0 saturated heterocycles. The largest absolute Gasteiger partial charge is 0.495 e. The smallest absolute Gasteiger partial charge is 0.328 e. The van der Waals surface area contributed by atoms with Crippen molar-refractivity contribution in [1.29, 1.82) is 0 Å². The van der Waals surface area contributed by atoms with E-state index in [9.17, 15) is 4.79 Å². The molecule has 0 saturated carbocycles. The highest BCUT2D eigenvalue weighted by molar-refractivity contribution is 9.11. The Morgan fingerprint density at radius 1 is 1.44 bits per heavy atom. The average molecular weight is 379 g/mol. The second-order valence-electron chi connectivity index (χ2n) is 3.65. The number of benzene rings is 1. The minimum Gasteiger partial charge on any atom is -0.495 e. The molecular formula is C12H13Br2NO3. The quantitative estimate of drug-likeness (QED) is 0.767. The second-order valence-corrected chi connectivity index (χ2v) is 5.36. The van der Waals surface area contributed by atoms with Gasteiger partial charge in [0, 0.05) is 23.2 Å². The zero-order valence-electron chi connectivity index (χ0n) is 9.96. The number of ether oxygens (including phenoxy) is 1. The molecule has 98 valence electrons. The van der Waals surface area contributed by atoms with E-state index in [1.54, 1.807) is 14.0 Å². The van der Waals surface area contributed by atoms with Crippen molar-refractivity contribution in [3.05, 3.63) is 32.7 Å². The van der Waals surface area contributed by atoms with Gasteiger partial charge in [0.2, 0.25) is 0 Å². The summed E-state index contributed by atoms with van der Waals surface area (Å²) < 4.78 is 6.92. The Hall–Kier alpha value is -1.01. The third-order valence-corrected chi connectivity index (χ3v) is 3.44. The number of nitrogens with one attached hydrogen (secondary N) is 1. The van der Waals surface area contributed by atoms with Crippen LogP contribution in [0.5, 0.6) is 5.75 Å². The number of aliphatic carboxylic acids is 1. The Morgan fingerprint density at radius 3 is 2.67 bits per heavy atom. The van der Waals surface area contributed by atoms with E-state index >= 15 is 0 Å². The molecule has 0 unspecified atom stereocenters. The van der Waals surface area contributed by atoms with Crippen molar-refractivity contribution in [2.24, 2.45) is 0 Å². The molecule has 1 aromatic rings. The molecule has 0 aliphatic rings. The van der Waals surface area contributed by atoms with Crippen LogP contribution in [0.3, 0.4) is 0 Å². The number of anilines is 1. The second kappa shape index (κ2) is 6.80. The van der Waals surface area contributed by atoms with E-state index in [1.807, 2.05) is 12.1 Å². The number of halogens is 2. The lowest BCUT2D eigenvalue weighted by atomic mass is 10.2. The molecule has 0 aliphatic heterocycles. The Bertz CT molecular complexity index is 486. The number of hydrogen-bond donors (Lipinski definition) is 2. The summed E-state index contributed by atoms with van der Waals surface area (Å²) in [6.07, 6.45) is 1.18. The Balaban J connectivity index is 2.82. The molecule has 0 amide bonds. The fourth-order valence-corrected chi connectivity index (χ4v) is 2.61. The normalized spacial score (nSPS) is 11.2. The SMILES string of the molecule is COc1cc(NC/C(C)=C/C(=O)O)c(Br)cc1Br. The molecule has 0 fully saturated rings. The van der Waals surface area contributed by atoms with Crippen molar-refractivity contribution in [3.63, 3.8) is 0 Å². The van der Waals surface area contributed by atoms with E-state index in [0.717, 1.165) is 20.2 Å². The van der Waals surface area contributed by atoms with Gasteiger partial charge < -0.3 is 15.2 Å². The van der Waals surface area contributed by atoms with Gasteiger partial charge in [0.1, 0.15) is 5.75 Å². The van der Waals surface area contributed by atoms with Crippen LogP contribution in [0.4, 0.5) is 5.69 Å². The first kappa shape index (κ1) is 15.0. The van der Waals surface area contributed by atoms with E-state index in [2.05, 4.69) is 37.2 Å². The fraction of sp³-hybridized carbons (Fsp3) is 0.250. The van der Waals surface area contributed by atoms with Crippen molar-refractivity contribution in [2.75, 3.05) is 19.0 Å². The van der Waals surface area contributed by atoms with E-state index in [4.69, 9.17) is 9.84 Å². The van der Waals surface area contributed by atoms with Crippen molar-refractivity contribution >= 4 is 43.5 Å². The van der Waals surface area contributed by atoms with E-state index in [0.29, 0.717) is 12.3 Å². The van der Waals surface area contributed by atoms with E-state index in [1.165, 1.54) is 6.08 Å². The van der Waals surface area contributed by atoms with Crippen LogP contribution in [0.1, 0.15) is 6.92 Å². The van der Waals surface area contributed by atoms with Gasteiger partial charge >= 0.3 is 5.97 Å². The Morgan fingerprint density at radius 2 is 2.11 bits per heavy atom. The standard InChI is InChI=1S/C12H13Br2NO3/c1-7(3-12(16)17)6-15-10-5-11(18-2)9(14)4-8(10)13/h3-5,15H,6H2,1-2H3,(H,16,17)/b7-3+. The molecule has 6 heteroatoms. The van der Waals surface area contributed by atoms with Crippen LogP contribution in [0.15, 0.2) is 32.7 Å². The summed E-state index contributed by atoms with van der Waals surface area (Å²) in [5.41, 5.74) is 1.57. The lowest BCUT2D eigenvalue weighted by Gasteiger charge is -2.12. The predicted molar refractivity (Wildman–Crippen MR) is 78.3 cm³/mol. The molecule has 0 heterocycles. The maximum absolute atomic E-state index is 10.5. The van der Waals surface area contributed by atoms with Crippen molar-refractivity contribution in [1.82, 2.24) is 0 Å². The van der Waals surface area contributed by atoms with Crippen molar-refractivity contribution < 1.29 is 14.6 Å². The Kier molecular flexibility index (Phi) is 5.68. The first-order valence-corrected chi connectivity index (χ1v) is 6.69. The zero-order chi connectivity index (χ0) is 13.7. The van der Waals surface area contributed by atoms with Gasteiger partial charge in [-0.1, -0.05) is 0 Å². The highest BCUT2D eigenvalue weighted by Gasteiger charge is 2.07. The molecule has 18 heavy (non-hydrogen) atoms. The molecule has 2 N–H and O–H groups in total. The van der Waals surface area contributed by atoms with Crippen LogP contribution in [-0.2, 0) is 4.79 Å². The van der Waals surface area contributed by atoms with Gasteiger partial charge in [-0.25, -0.2) is 4.79 Å². The summed E-state index contributed by atoms with van der Waals surface area (Å²) in [5.74, 6) is -0.234. The van der Waals surface area contributed by atoms with E-state index < -0.39 is 5.97 Å². The van der Waals surface area contributed by atoms with Gasteiger partial charge in [-0.2, -0.15) is 0 Å². The van der Waals surface area contributed by atoms with Crippen LogP contribution in [0, 0.1) is 0 Å². The lowest BCUT2D eigenvalue weighted by molar-refractivity contribution is -0.131. The van der Waals surface area contributed by atoms with Gasteiger partial charge in [-0.15, -0.1) is 0 Å². The molecule has 1 aromatic carbocycles. The van der Waals surface area contributed by atoms with Crippen LogP contribution in [-0.4, -0.2) is 24.7 Å². The van der Waals surface area contributed by atoms with Crippen molar-refractivity contribution in [3.8, 4) is 5.75 Å². The van der Waals surface area contributed by atoms with Gasteiger partial charge in [0.15, 0.2) is 0 Å². The molecule has 1 rings (SSSR count). The maximum Gasteiger partial charge on any atom is 0.328 e. The molecular weight excluding hydrogens is 366 g/mol. The molecule has 4 nitrogen and oxygen atoms in total. The Labute approximate surface area is 122 Å². The molecule has 0 atom stereocenters. The first-order chi connectivity index (χ1) is 8.43. The molecule has 0 aliphatic carbocycles. The van der Waals surface area contributed by atoms with Crippen LogP contribution in [0.25, 0.3) is 0 Å². The number of rotatable bonds is 5. The molecule has 0 aromatic heterocycles. The highest BCUT2D eigenvalue weighted by Crippen LogP contribution is 2.34. The number of carboxylic acids is 1. The average Bonchev–Trinajstić information content (AvgIpc) is 2.27. The molecule has 0 bridgehead atoms. The minimum absolute atomic E-state index is 0.454. The summed E-state index contributed by atoms with van der Waals surface area (Å²) in [7, 11) is 1.59. The third-order valence-electron chi connectivity index (χ3n) is 2.17. The van der Waals surface area contributed by atoms with Crippen LogP contribution >= 0.6 is 31.9 Å². The van der Waals surface area contributed by atoms with Gasteiger partial charge in [0.05, 0.1) is 17.3 Å². The van der Waals surface area contributed by atoms with Crippen LogP contribution in [0.2, 0.25) is 0 Å². The molecule has 0 radical (unpaired) electrons. The van der Waals surface area contributed by atoms with Crippen LogP contribution < -0.4 is 10.1 Å². The predicted octanol–water partition coefficient (Wildman–Crippen LogP) is 3.66. The number of hydrogen-bond acceptors (Lipinski definition) is 3. The van der Waals surface area contributed by atoms with Gasteiger partial charge in [0.25, 0.3) is 0 Å². The topological polar surface area (TPSA) is 58.6 Å². The van der Waals surface area contributed by atoms with Gasteiger partial charge in [-0.05, 0) is 50.4 Å². The van der Waals surface area contributed by atoms with Crippen molar-refractivity contribution in [2.45, 2.75) is 6.92 Å². The molecule has 0 spiro atoms. The zero-order valence-corrected chi connectivity index (χ0v) is 13.1. The van der Waals surface area contributed by atoms with E-state index in [-0.39, 0.29) is 0 Å². The number of methoxy groups -OCH3 is 1. The fourth-order valence-electron chi connectivity index (χ4n) is 1.32. The lowest BCUT2D eigenvalue weighted by Crippen LogP contribution is -2.05. The summed E-state index contributed by atoms with van der Waals surface area (Å²) >= 11 is 6.81. The number of carboxylic acid groups (broad SMARTS) is 1. The monoisotopic (exact) mass is 377 g/mol. The summed E-state index contributed by atoms with van der Waals surface area (Å²) in [4.78, 5) is 10.5.